The minimum atomic E-state index is 0.340. The van der Waals surface area contributed by atoms with E-state index in [1.165, 1.54) is 10.4 Å². The summed E-state index contributed by atoms with van der Waals surface area (Å²) in [6.45, 7) is 3.21. The van der Waals surface area contributed by atoms with E-state index in [-0.39, 0.29) is 0 Å². The molecule has 19 heavy (non-hydrogen) atoms. The standard InChI is InChI=1S/C14H15N3S2/c1-9-10-5-8-19-12(10)4-7-17(9)11-3-2-6-16-13(11)14(15)18/h2-3,5-6,8-9H,4,7H2,1H3,(H2,15,18). The molecule has 0 amide bonds. The second-order valence-corrected chi connectivity index (χ2v) is 6.09. The zero-order valence-corrected chi connectivity index (χ0v) is 12.3. The first kappa shape index (κ1) is 12.6. The molecule has 2 aromatic heterocycles. The van der Waals surface area contributed by atoms with Crippen molar-refractivity contribution in [3.05, 3.63) is 45.9 Å². The lowest BCUT2D eigenvalue weighted by Gasteiger charge is -2.36. The lowest BCUT2D eigenvalue weighted by atomic mass is 10.0. The molecule has 0 aliphatic carbocycles. The molecule has 1 atom stereocenters. The summed E-state index contributed by atoms with van der Waals surface area (Å²) in [6.07, 6.45) is 2.81. The van der Waals surface area contributed by atoms with E-state index >= 15 is 0 Å². The van der Waals surface area contributed by atoms with Crippen LogP contribution in [0.5, 0.6) is 0 Å². The summed E-state index contributed by atoms with van der Waals surface area (Å²) in [6, 6.07) is 6.54. The third kappa shape index (κ3) is 2.13. The minimum Gasteiger partial charge on any atom is -0.388 e. The van der Waals surface area contributed by atoms with Crippen molar-refractivity contribution in [2.45, 2.75) is 19.4 Å². The third-order valence-corrected chi connectivity index (χ3v) is 4.80. The van der Waals surface area contributed by atoms with E-state index in [2.05, 4.69) is 34.3 Å². The Hall–Kier alpha value is -1.46. The Morgan fingerprint density at radius 1 is 1.53 bits per heavy atom. The van der Waals surface area contributed by atoms with Gasteiger partial charge in [-0.2, -0.15) is 0 Å². The second-order valence-electron chi connectivity index (χ2n) is 4.65. The maximum absolute atomic E-state index is 5.79. The molecule has 5 heteroatoms. The van der Waals surface area contributed by atoms with Crippen molar-refractivity contribution in [3.63, 3.8) is 0 Å². The Kier molecular flexibility index (Phi) is 3.24. The molecule has 3 heterocycles. The number of thiocarbonyl (C=S) groups is 1. The van der Waals surface area contributed by atoms with Gasteiger partial charge in [0.15, 0.2) is 0 Å². The van der Waals surface area contributed by atoms with Crippen LogP contribution in [0.2, 0.25) is 0 Å². The first-order chi connectivity index (χ1) is 9.18. The van der Waals surface area contributed by atoms with Gasteiger partial charge in [0.25, 0.3) is 0 Å². The van der Waals surface area contributed by atoms with Gasteiger partial charge >= 0.3 is 0 Å². The fourth-order valence-electron chi connectivity index (χ4n) is 2.66. The van der Waals surface area contributed by atoms with Gasteiger partial charge in [0.2, 0.25) is 0 Å². The van der Waals surface area contributed by atoms with Crippen LogP contribution in [0.1, 0.15) is 29.1 Å². The molecule has 1 aliphatic rings. The SMILES string of the molecule is CC1c2ccsc2CCN1c1cccnc1C(N)=S. The summed E-state index contributed by atoms with van der Waals surface area (Å²) in [5.74, 6) is 0. The molecule has 1 aliphatic heterocycles. The van der Waals surface area contributed by atoms with Crippen LogP contribution in [-0.2, 0) is 6.42 Å². The monoisotopic (exact) mass is 289 g/mol. The zero-order chi connectivity index (χ0) is 13.4. The number of anilines is 1. The van der Waals surface area contributed by atoms with Gasteiger partial charge in [-0.05, 0) is 42.5 Å². The van der Waals surface area contributed by atoms with E-state index < -0.39 is 0 Å². The molecule has 0 spiro atoms. The molecule has 2 N–H and O–H groups in total. The molecule has 0 saturated carbocycles. The van der Waals surface area contributed by atoms with Crippen molar-refractivity contribution >= 4 is 34.2 Å². The normalized spacial score (nSPS) is 18.2. The fourth-order valence-corrected chi connectivity index (χ4v) is 3.78. The number of aromatic nitrogens is 1. The van der Waals surface area contributed by atoms with E-state index in [0.29, 0.717) is 11.0 Å². The third-order valence-electron chi connectivity index (χ3n) is 3.61. The summed E-state index contributed by atoms with van der Waals surface area (Å²) in [5, 5.41) is 2.17. The van der Waals surface area contributed by atoms with Crippen LogP contribution in [0.25, 0.3) is 0 Å². The number of hydrogen-bond acceptors (Lipinski definition) is 4. The van der Waals surface area contributed by atoms with E-state index in [9.17, 15) is 0 Å². The van der Waals surface area contributed by atoms with Gasteiger partial charge in [-0.15, -0.1) is 11.3 Å². The van der Waals surface area contributed by atoms with E-state index in [0.717, 1.165) is 24.3 Å². The second kappa shape index (κ2) is 4.90. The highest BCUT2D eigenvalue weighted by atomic mass is 32.1. The number of pyridine rings is 1. The van der Waals surface area contributed by atoms with Crippen molar-refractivity contribution in [2.75, 3.05) is 11.4 Å². The number of rotatable bonds is 2. The number of fused-ring (bicyclic) bond motifs is 1. The molecular weight excluding hydrogens is 274 g/mol. The van der Waals surface area contributed by atoms with Crippen LogP contribution in [0.4, 0.5) is 5.69 Å². The number of nitrogens with zero attached hydrogens (tertiary/aromatic N) is 2. The first-order valence-electron chi connectivity index (χ1n) is 6.26. The Morgan fingerprint density at radius 3 is 3.16 bits per heavy atom. The van der Waals surface area contributed by atoms with Crippen LogP contribution in [0, 0.1) is 0 Å². The van der Waals surface area contributed by atoms with Crippen LogP contribution >= 0.6 is 23.6 Å². The van der Waals surface area contributed by atoms with Gasteiger partial charge in [0.1, 0.15) is 10.7 Å². The fraction of sp³-hybridized carbons (Fsp3) is 0.286. The summed E-state index contributed by atoms with van der Waals surface area (Å²) < 4.78 is 0. The van der Waals surface area contributed by atoms with Gasteiger partial charge in [-0.25, -0.2) is 0 Å². The zero-order valence-electron chi connectivity index (χ0n) is 10.7. The Balaban J connectivity index is 2.03. The van der Waals surface area contributed by atoms with E-state index in [1.807, 2.05) is 17.4 Å². The maximum Gasteiger partial charge on any atom is 0.124 e. The largest absolute Gasteiger partial charge is 0.388 e. The molecule has 3 nitrogen and oxygen atoms in total. The van der Waals surface area contributed by atoms with Gasteiger partial charge < -0.3 is 10.6 Å². The minimum absolute atomic E-state index is 0.340. The van der Waals surface area contributed by atoms with Gasteiger partial charge in [0.05, 0.1) is 11.7 Å². The summed E-state index contributed by atoms with van der Waals surface area (Å²) in [4.78, 5) is 8.52. The summed E-state index contributed by atoms with van der Waals surface area (Å²) >= 11 is 6.95. The number of thiophene rings is 1. The molecule has 98 valence electrons. The van der Waals surface area contributed by atoms with Gasteiger partial charge in [0, 0.05) is 17.6 Å². The maximum atomic E-state index is 5.79. The Labute approximate surface area is 122 Å². The van der Waals surface area contributed by atoms with Crippen molar-refractivity contribution in [1.82, 2.24) is 4.98 Å². The Morgan fingerprint density at radius 2 is 2.37 bits per heavy atom. The highest BCUT2D eigenvalue weighted by Crippen LogP contribution is 2.36. The molecule has 0 saturated heterocycles. The average Bonchev–Trinajstić information content (AvgIpc) is 2.88. The highest BCUT2D eigenvalue weighted by molar-refractivity contribution is 7.80. The van der Waals surface area contributed by atoms with Crippen LogP contribution < -0.4 is 10.6 Å². The number of hydrogen-bond donors (Lipinski definition) is 1. The van der Waals surface area contributed by atoms with Crippen molar-refractivity contribution < 1.29 is 0 Å². The summed E-state index contributed by atoms with van der Waals surface area (Å²) in [7, 11) is 0. The average molecular weight is 289 g/mol. The Bertz CT molecular complexity index is 621. The highest BCUT2D eigenvalue weighted by Gasteiger charge is 2.26. The van der Waals surface area contributed by atoms with Gasteiger partial charge in [-0.1, -0.05) is 12.2 Å². The lowest BCUT2D eigenvalue weighted by Crippen LogP contribution is -2.34. The van der Waals surface area contributed by atoms with Crippen LogP contribution in [-0.4, -0.2) is 16.5 Å². The van der Waals surface area contributed by atoms with Crippen molar-refractivity contribution in [3.8, 4) is 0 Å². The molecule has 0 bridgehead atoms. The molecule has 3 rings (SSSR count). The quantitative estimate of drug-likeness (QED) is 0.863. The molecule has 0 aromatic carbocycles. The van der Waals surface area contributed by atoms with Crippen molar-refractivity contribution in [1.29, 1.82) is 0 Å². The van der Waals surface area contributed by atoms with Crippen LogP contribution in [0.3, 0.4) is 0 Å². The van der Waals surface area contributed by atoms with Crippen molar-refractivity contribution in [2.24, 2.45) is 5.73 Å². The lowest BCUT2D eigenvalue weighted by molar-refractivity contribution is 0.631. The van der Waals surface area contributed by atoms with E-state index in [1.54, 1.807) is 6.20 Å². The number of nitrogens with two attached hydrogens (primary N) is 1. The summed E-state index contributed by atoms with van der Waals surface area (Å²) in [5.41, 5.74) is 8.96. The molecule has 0 radical (unpaired) electrons. The smallest absolute Gasteiger partial charge is 0.124 e. The van der Waals surface area contributed by atoms with Crippen LogP contribution in [0.15, 0.2) is 29.8 Å². The molecule has 0 fully saturated rings. The molecular formula is C14H15N3S2. The topological polar surface area (TPSA) is 42.2 Å². The van der Waals surface area contributed by atoms with E-state index in [4.69, 9.17) is 18.0 Å². The first-order valence-corrected chi connectivity index (χ1v) is 7.55. The van der Waals surface area contributed by atoms with Gasteiger partial charge in [-0.3, -0.25) is 4.98 Å². The molecule has 1 unspecified atom stereocenters. The predicted molar refractivity (Wildman–Crippen MR) is 83.9 cm³/mol. The molecule has 2 aromatic rings. The predicted octanol–water partition coefficient (Wildman–Crippen LogP) is 2.90.